The Balaban J connectivity index is 3.84. The first-order valence-electron chi connectivity index (χ1n) is 2.76. The summed E-state index contributed by atoms with van der Waals surface area (Å²) in [7, 11) is 0. The van der Waals surface area contributed by atoms with Gasteiger partial charge in [0.1, 0.15) is 0 Å². The summed E-state index contributed by atoms with van der Waals surface area (Å²) in [6.07, 6.45) is -1.69. The van der Waals surface area contributed by atoms with E-state index in [1.54, 1.807) is 13.8 Å². The van der Waals surface area contributed by atoms with Crippen LogP contribution in [0.3, 0.4) is 0 Å². The highest BCUT2D eigenvalue weighted by molar-refractivity contribution is 5.91. The normalized spacial score (nSPS) is 13.4. The van der Waals surface area contributed by atoms with Crippen LogP contribution in [0.4, 0.5) is 8.78 Å². The highest BCUT2D eigenvalue weighted by atomic mass is 19.3. The molecule has 1 nitrogen and oxygen atoms in total. The molecule has 0 saturated heterocycles. The zero-order valence-corrected chi connectivity index (χ0v) is 5.78. The third-order valence-corrected chi connectivity index (χ3v) is 0.725. The average molecular weight is 134 g/mol. The van der Waals surface area contributed by atoms with Crippen molar-refractivity contribution in [3.05, 3.63) is 6.43 Å². The highest BCUT2D eigenvalue weighted by Crippen LogP contribution is 2.06. The molecule has 0 spiro atoms. The fourth-order valence-corrected chi connectivity index (χ4v) is 0.436. The van der Waals surface area contributed by atoms with Gasteiger partial charge in [-0.05, 0) is 20.8 Å². The van der Waals surface area contributed by atoms with E-state index in [0.717, 1.165) is 0 Å². The second kappa shape index (κ2) is 3.54. The van der Waals surface area contributed by atoms with Gasteiger partial charge in [0.25, 0.3) is 0 Å². The molecule has 0 rings (SSSR count). The molecule has 53 valence electrons. The van der Waals surface area contributed by atoms with E-state index in [1.165, 1.54) is 6.92 Å². The molecule has 0 atom stereocenters. The Labute approximate surface area is 53.8 Å². The van der Waals surface area contributed by atoms with Crippen LogP contribution in [-0.4, -0.2) is 11.8 Å². The Morgan fingerprint density at radius 1 is 1.33 bits per heavy atom. The second-order valence-electron chi connectivity index (χ2n) is 2.07. The molecule has 0 fully saturated rings. The van der Waals surface area contributed by atoms with Gasteiger partial charge in [-0.2, -0.15) is 8.78 Å². The first kappa shape index (κ1) is 8.53. The summed E-state index contributed by atoms with van der Waals surface area (Å²) >= 11 is 0. The van der Waals surface area contributed by atoms with E-state index in [0.29, 0.717) is 0 Å². The van der Waals surface area contributed by atoms with Crippen molar-refractivity contribution in [3.63, 3.8) is 0 Å². The van der Waals surface area contributed by atoms with Crippen LogP contribution >= 0.6 is 0 Å². The minimum absolute atomic E-state index is 0.0495. The Hall–Kier alpha value is -0.470. The monoisotopic (exact) mass is 134 g/mol. The van der Waals surface area contributed by atoms with E-state index in [9.17, 15) is 8.78 Å². The SMILES string of the molecule is CC(=NC(C)C)[C](F)F. The zero-order valence-electron chi connectivity index (χ0n) is 5.78. The van der Waals surface area contributed by atoms with Gasteiger partial charge in [0.05, 0.1) is 5.71 Å². The summed E-state index contributed by atoms with van der Waals surface area (Å²) in [6, 6.07) is -0.0495. The van der Waals surface area contributed by atoms with Crippen LogP contribution in [0.25, 0.3) is 0 Å². The van der Waals surface area contributed by atoms with Crippen LogP contribution in [0.15, 0.2) is 4.99 Å². The van der Waals surface area contributed by atoms with Crippen molar-refractivity contribution in [2.45, 2.75) is 26.8 Å². The molecule has 9 heavy (non-hydrogen) atoms. The maximum Gasteiger partial charge on any atom is 0.352 e. The Kier molecular flexibility index (Phi) is 3.35. The lowest BCUT2D eigenvalue weighted by Crippen LogP contribution is -2.01. The molecule has 3 heteroatoms. The first-order valence-corrected chi connectivity index (χ1v) is 2.76. The topological polar surface area (TPSA) is 12.4 Å². The third-order valence-electron chi connectivity index (χ3n) is 0.725. The lowest BCUT2D eigenvalue weighted by atomic mass is 10.4. The molecule has 0 bridgehead atoms. The molecule has 0 aromatic carbocycles. The molecular weight excluding hydrogens is 124 g/mol. The number of rotatable bonds is 2. The Bertz CT molecular complexity index is 108. The van der Waals surface area contributed by atoms with Crippen LogP contribution in [0.2, 0.25) is 0 Å². The minimum Gasteiger partial charge on any atom is -0.285 e. The zero-order chi connectivity index (χ0) is 7.44. The molecular formula is C6H10F2N. The van der Waals surface area contributed by atoms with Crippen LogP contribution in [-0.2, 0) is 0 Å². The van der Waals surface area contributed by atoms with E-state index in [4.69, 9.17) is 0 Å². The molecule has 0 aliphatic rings. The molecule has 0 heterocycles. The van der Waals surface area contributed by atoms with Crippen molar-refractivity contribution in [3.8, 4) is 0 Å². The molecule has 0 N–H and O–H groups in total. The van der Waals surface area contributed by atoms with Gasteiger partial charge in [0.15, 0.2) is 0 Å². The number of hydrogen-bond donors (Lipinski definition) is 0. The average Bonchev–Trinajstić information content (AvgIpc) is 1.63. The standard InChI is InChI=1S/C6H10F2N/c1-4(2)9-5(3)6(7)8/h4H,1-3H3. The van der Waals surface area contributed by atoms with E-state index in [-0.39, 0.29) is 11.8 Å². The van der Waals surface area contributed by atoms with Gasteiger partial charge in [-0.3, -0.25) is 4.99 Å². The van der Waals surface area contributed by atoms with Gasteiger partial charge in [0.2, 0.25) is 0 Å². The van der Waals surface area contributed by atoms with Crippen LogP contribution in [0.5, 0.6) is 0 Å². The van der Waals surface area contributed by atoms with Gasteiger partial charge in [-0.25, -0.2) is 0 Å². The molecule has 0 aliphatic heterocycles. The molecule has 0 unspecified atom stereocenters. The van der Waals surface area contributed by atoms with E-state index in [1.807, 2.05) is 0 Å². The fraction of sp³-hybridized carbons (Fsp3) is 0.667. The summed E-state index contributed by atoms with van der Waals surface area (Å²) in [5.74, 6) is 0. The van der Waals surface area contributed by atoms with Gasteiger partial charge in [-0.15, -0.1) is 0 Å². The summed E-state index contributed by atoms with van der Waals surface area (Å²) in [4.78, 5) is 3.61. The number of aliphatic imine (C=N–C) groups is 1. The van der Waals surface area contributed by atoms with Crippen molar-refractivity contribution >= 4 is 5.71 Å². The fourth-order valence-electron chi connectivity index (χ4n) is 0.436. The van der Waals surface area contributed by atoms with Crippen LogP contribution in [0.1, 0.15) is 20.8 Å². The van der Waals surface area contributed by atoms with Crippen LogP contribution < -0.4 is 0 Å². The lowest BCUT2D eigenvalue weighted by Gasteiger charge is -1.98. The summed E-state index contributed by atoms with van der Waals surface area (Å²) in [5, 5.41) is 0. The summed E-state index contributed by atoms with van der Waals surface area (Å²) < 4.78 is 23.1. The van der Waals surface area contributed by atoms with Gasteiger partial charge in [0, 0.05) is 6.04 Å². The minimum atomic E-state index is -1.69. The van der Waals surface area contributed by atoms with E-state index >= 15 is 0 Å². The predicted octanol–water partition coefficient (Wildman–Crippen LogP) is 2.28. The summed E-state index contributed by atoms with van der Waals surface area (Å²) in [6.45, 7) is 4.81. The van der Waals surface area contributed by atoms with E-state index < -0.39 is 6.43 Å². The van der Waals surface area contributed by atoms with E-state index in [2.05, 4.69) is 4.99 Å². The van der Waals surface area contributed by atoms with Gasteiger partial charge >= 0.3 is 6.43 Å². The third kappa shape index (κ3) is 4.06. The van der Waals surface area contributed by atoms with Crippen molar-refractivity contribution < 1.29 is 8.78 Å². The molecule has 0 amide bonds. The molecule has 0 aliphatic carbocycles. The maximum absolute atomic E-state index is 11.6. The van der Waals surface area contributed by atoms with Crippen molar-refractivity contribution in [1.29, 1.82) is 0 Å². The van der Waals surface area contributed by atoms with Crippen molar-refractivity contribution in [1.82, 2.24) is 0 Å². The lowest BCUT2D eigenvalue weighted by molar-refractivity contribution is 0.349. The van der Waals surface area contributed by atoms with Crippen molar-refractivity contribution in [2.75, 3.05) is 0 Å². The quantitative estimate of drug-likeness (QED) is 0.514. The second-order valence-corrected chi connectivity index (χ2v) is 2.07. The Morgan fingerprint density at radius 2 is 1.78 bits per heavy atom. The number of halogens is 2. The van der Waals surface area contributed by atoms with Crippen molar-refractivity contribution in [2.24, 2.45) is 4.99 Å². The van der Waals surface area contributed by atoms with Crippen LogP contribution in [0, 0.1) is 6.43 Å². The number of hydrogen-bond acceptors (Lipinski definition) is 1. The van der Waals surface area contributed by atoms with Gasteiger partial charge in [-0.1, -0.05) is 0 Å². The summed E-state index contributed by atoms with van der Waals surface area (Å²) in [5.41, 5.74) is -0.162. The smallest absolute Gasteiger partial charge is 0.285 e. The molecule has 0 aromatic heterocycles. The molecule has 0 aromatic rings. The largest absolute Gasteiger partial charge is 0.352 e. The first-order chi connectivity index (χ1) is 4.04. The number of nitrogens with zero attached hydrogens (tertiary/aromatic N) is 1. The predicted molar refractivity (Wildman–Crippen MR) is 33.7 cm³/mol. The molecule has 1 radical (unpaired) electrons. The van der Waals surface area contributed by atoms with Gasteiger partial charge < -0.3 is 0 Å². The molecule has 0 saturated carbocycles. The highest BCUT2D eigenvalue weighted by Gasteiger charge is 2.09. The Morgan fingerprint density at radius 3 is 1.89 bits per heavy atom. The maximum atomic E-state index is 11.6.